The molecule has 0 saturated heterocycles. The molecule has 29 heavy (non-hydrogen) atoms. The fourth-order valence-corrected chi connectivity index (χ4v) is 4.29. The number of hydrogen-bond acceptors (Lipinski definition) is 2. The van der Waals surface area contributed by atoms with Gasteiger partial charge < -0.3 is 5.32 Å². The van der Waals surface area contributed by atoms with Crippen LogP contribution in [0.1, 0.15) is 11.1 Å². The second kappa shape index (κ2) is 9.69. The summed E-state index contributed by atoms with van der Waals surface area (Å²) in [5.41, 5.74) is 2.67. The van der Waals surface area contributed by atoms with Crippen molar-refractivity contribution in [1.82, 2.24) is 4.72 Å². The van der Waals surface area contributed by atoms with E-state index >= 15 is 0 Å². The average molecular weight is 428 g/mol. The maximum atomic E-state index is 13.6. The van der Waals surface area contributed by atoms with Crippen LogP contribution >= 0.6 is 11.6 Å². The molecule has 0 aliphatic heterocycles. The van der Waals surface area contributed by atoms with Crippen molar-refractivity contribution in [2.75, 3.05) is 11.9 Å². The van der Waals surface area contributed by atoms with Crippen molar-refractivity contribution in [3.63, 3.8) is 0 Å². The predicted molar refractivity (Wildman–Crippen MR) is 119 cm³/mol. The summed E-state index contributed by atoms with van der Waals surface area (Å²) in [6.45, 7) is 2.35. The zero-order valence-corrected chi connectivity index (χ0v) is 17.5. The largest absolute Gasteiger partial charge is 0.354 e. The molecule has 0 bridgehead atoms. The molecular formula is C22H22ClN3O2S. The first-order chi connectivity index (χ1) is 13.9. The highest BCUT2D eigenvalue weighted by atomic mass is 35.5. The number of urea groups is 1. The van der Waals surface area contributed by atoms with E-state index in [4.69, 9.17) is 11.6 Å². The van der Waals surface area contributed by atoms with Gasteiger partial charge >= 0.3 is 6.03 Å². The van der Waals surface area contributed by atoms with Gasteiger partial charge in [0.25, 0.3) is 0 Å². The second-order valence-corrected chi connectivity index (χ2v) is 8.93. The molecule has 5 nitrogen and oxygen atoms in total. The van der Waals surface area contributed by atoms with Crippen molar-refractivity contribution < 1.29 is 9.00 Å². The van der Waals surface area contributed by atoms with Gasteiger partial charge in [0.15, 0.2) is 0 Å². The van der Waals surface area contributed by atoms with E-state index in [1.807, 2.05) is 49.4 Å². The molecule has 0 aliphatic carbocycles. The number of carbonyl (C=O) groups excluding carboxylic acids is 1. The number of nitrogens with zero attached hydrogens (tertiary/aromatic N) is 1. The monoisotopic (exact) mass is 427 g/mol. The van der Waals surface area contributed by atoms with Gasteiger partial charge in [-0.2, -0.15) is 0 Å². The van der Waals surface area contributed by atoms with Crippen LogP contribution in [0.25, 0.3) is 0 Å². The summed E-state index contributed by atoms with van der Waals surface area (Å²) in [5, 5.41) is 3.19. The minimum Gasteiger partial charge on any atom is -0.306 e. The van der Waals surface area contributed by atoms with E-state index in [9.17, 15) is 9.00 Å². The molecule has 1 atom stereocenters. The lowest BCUT2D eigenvalue weighted by Crippen LogP contribution is -2.27. The van der Waals surface area contributed by atoms with Crippen LogP contribution in [0, 0.1) is 6.92 Å². The zero-order chi connectivity index (χ0) is 20.7. The summed E-state index contributed by atoms with van der Waals surface area (Å²) in [6, 6.07) is 23.0. The Hall–Kier alpha value is -2.67. The molecule has 7 heteroatoms. The smallest absolute Gasteiger partial charge is 0.306 e. The molecule has 0 heterocycles. The molecule has 1 unspecified atom stereocenters. The van der Waals surface area contributed by atoms with Gasteiger partial charge in [0, 0.05) is 17.3 Å². The molecule has 0 aromatic heterocycles. The first kappa shape index (κ1) is 21.0. The molecule has 2 N–H and O–H groups in total. The summed E-state index contributed by atoms with van der Waals surface area (Å²) < 4.78 is 20.6. The van der Waals surface area contributed by atoms with Gasteiger partial charge in [-0.1, -0.05) is 59.6 Å². The van der Waals surface area contributed by atoms with Crippen molar-refractivity contribution in [2.45, 2.75) is 18.2 Å². The Balaban J connectivity index is 1.82. The third-order valence-electron chi connectivity index (χ3n) is 4.20. The number of rotatable bonds is 6. The van der Waals surface area contributed by atoms with Crippen LogP contribution in [-0.4, -0.2) is 16.8 Å². The Morgan fingerprint density at radius 2 is 1.62 bits per heavy atom. The Morgan fingerprint density at radius 1 is 0.966 bits per heavy atom. The van der Waals surface area contributed by atoms with Crippen LogP contribution in [0.15, 0.2) is 88.1 Å². The van der Waals surface area contributed by atoms with E-state index in [1.54, 1.807) is 36.4 Å². The molecule has 2 amide bonds. The topological polar surface area (TPSA) is 70.6 Å². The van der Waals surface area contributed by atoms with Crippen LogP contribution in [0.4, 0.5) is 10.5 Å². The van der Waals surface area contributed by atoms with Crippen LogP contribution in [0.2, 0.25) is 5.02 Å². The quantitative estimate of drug-likeness (QED) is 0.548. The minimum absolute atomic E-state index is 0.411. The molecule has 0 spiro atoms. The highest BCUT2D eigenvalue weighted by Crippen LogP contribution is 2.16. The number of aryl methyl sites for hydroxylation is 1. The number of amides is 2. The number of anilines is 1. The molecule has 3 aromatic rings. The highest BCUT2D eigenvalue weighted by Gasteiger charge is 2.15. The van der Waals surface area contributed by atoms with Crippen molar-refractivity contribution in [3.05, 3.63) is 95.0 Å². The first-order valence-corrected chi connectivity index (χ1v) is 11.0. The van der Waals surface area contributed by atoms with E-state index in [-0.39, 0.29) is 0 Å². The number of carbonyl (C=O) groups is 1. The Bertz CT molecular complexity index is 1080. The number of halogens is 1. The maximum Gasteiger partial charge on any atom is 0.354 e. The Labute approximate surface area is 176 Å². The van der Waals surface area contributed by atoms with Crippen LogP contribution in [0.5, 0.6) is 0 Å². The molecule has 3 aromatic carbocycles. The van der Waals surface area contributed by atoms with Crippen molar-refractivity contribution in [3.8, 4) is 0 Å². The summed E-state index contributed by atoms with van der Waals surface area (Å²) in [4.78, 5) is 12.9. The molecule has 150 valence electrons. The molecule has 0 radical (unpaired) electrons. The zero-order valence-electron chi connectivity index (χ0n) is 16.0. The fourth-order valence-electron chi connectivity index (χ4n) is 2.67. The van der Waals surface area contributed by atoms with E-state index in [0.717, 1.165) is 11.1 Å². The van der Waals surface area contributed by atoms with Gasteiger partial charge in [0.1, 0.15) is 9.92 Å². The summed E-state index contributed by atoms with van der Waals surface area (Å²) in [5.74, 6) is 0. The lowest BCUT2D eigenvalue weighted by molar-refractivity contribution is 0.260. The molecule has 3 rings (SSSR count). The fraction of sp³-hybridized carbons (Fsp3) is 0.136. The van der Waals surface area contributed by atoms with E-state index in [1.165, 1.54) is 0 Å². The van der Waals surface area contributed by atoms with Gasteiger partial charge in [-0.25, -0.2) is 13.7 Å². The van der Waals surface area contributed by atoms with Crippen LogP contribution in [0.3, 0.4) is 0 Å². The van der Waals surface area contributed by atoms with E-state index < -0.39 is 15.9 Å². The second-order valence-electron chi connectivity index (χ2n) is 6.50. The van der Waals surface area contributed by atoms with Gasteiger partial charge in [0.05, 0.1) is 4.90 Å². The Kier molecular flexibility index (Phi) is 7.04. The van der Waals surface area contributed by atoms with Crippen molar-refractivity contribution in [1.29, 1.82) is 0 Å². The lowest BCUT2D eigenvalue weighted by atomic mass is 10.2. The van der Waals surface area contributed by atoms with Crippen molar-refractivity contribution in [2.24, 2.45) is 4.36 Å². The Morgan fingerprint density at radius 3 is 2.28 bits per heavy atom. The number of hydrogen-bond donors (Lipinski definition) is 2. The van der Waals surface area contributed by atoms with Gasteiger partial charge in [-0.05, 0) is 55.3 Å². The average Bonchev–Trinajstić information content (AvgIpc) is 2.71. The van der Waals surface area contributed by atoms with Gasteiger partial charge in [-0.3, -0.25) is 0 Å². The predicted octanol–water partition coefficient (Wildman–Crippen LogP) is 5.45. The van der Waals surface area contributed by atoms with Gasteiger partial charge in [-0.15, -0.1) is 4.36 Å². The minimum atomic E-state index is -3.15. The van der Waals surface area contributed by atoms with Crippen molar-refractivity contribution >= 4 is 33.2 Å². The molecule has 0 aliphatic rings. The summed E-state index contributed by atoms with van der Waals surface area (Å²) in [7, 11) is -3.15. The molecule has 0 fully saturated rings. The van der Waals surface area contributed by atoms with Gasteiger partial charge in [0.2, 0.25) is 0 Å². The lowest BCUT2D eigenvalue weighted by Gasteiger charge is -2.13. The van der Waals surface area contributed by atoms with Crippen LogP contribution in [-0.2, 0) is 16.3 Å². The maximum absolute atomic E-state index is 13.6. The normalized spacial score (nSPS) is 12.8. The van der Waals surface area contributed by atoms with E-state index in [0.29, 0.717) is 28.6 Å². The van der Waals surface area contributed by atoms with E-state index in [2.05, 4.69) is 14.4 Å². The summed E-state index contributed by atoms with van der Waals surface area (Å²) in [6.07, 6.45) is 0.665. The number of nitrogens with one attached hydrogen (secondary N) is 2. The standard InChI is InChI=1S/C22H22ClN3O2S/c1-17-7-13-21(14-8-17)29(28,24-16-15-18-5-3-2-4-6-18)26-22(27)25-20-11-9-19(23)10-12-20/h2-14H,15-16H2,1H3,(H2,24,25,26,27,28). The first-order valence-electron chi connectivity index (χ1n) is 9.13. The number of benzene rings is 3. The SMILES string of the molecule is Cc1ccc(S(=O)(=NC(=O)Nc2ccc(Cl)cc2)NCCc2ccccc2)cc1. The highest BCUT2D eigenvalue weighted by molar-refractivity contribution is 7.92. The molecular weight excluding hydrogens is 406 g/mol. The molecule has 0 saturated carbocycles. The van der Waals surface area contributed by atoms with Crippen LogP contribution < -0.4 is 10.0 Å². The third kappa shape index (κ3) is 6.15. The summed E-state index contributed by atoms with van der Waals surface area (Å²) >= 11 is 5.86. The third-order valence-corrected chi connectivity index (χ3v) is 6.38.